The zero-order chi connectivity index (χ0) is 14.7. The molecule has 2 amide bonds. The van der Waals surface area contributed by atoms with Gasteiger partial charge in [0.25, 0.3) is 0 Å². The molecule has 2 aromatic rings. The van der Waals surface area contributed by atoms with Crippen molar-refractivity contribution < 1.29 is 13.6 Å². The maximum atomic E-state index is 13.6. The zero-order valence-corrected chi connectivity index (χ0v) is 11.7. The minimum Gasteiger partial charge on any atom is -0.336 e. The summed E-state index contributed by atoms with van der Waals surface area (Å²) in [5.41, 5.74) is 0.548. The molecule has 1 aromatic carbocycles. The summed E-state index contributed by atoms with van der Waals surface area (Å²) in [5, 5.41) is 7.15. The van der Waals surface area contributed by atoms with E-state index >= 15 is 0 Å². The average Bonchev–Trinajstić information content (AvgIpc) is 2.75. The van der Waals surface area contributed by atoms with Crippen molar-refractivity contribution in [3.63, 3.8) is 0 Å². The van der Waals surface area contributed by atoms with Gasteiger partial charge in [-0.05, 0) is 26.0 Å². The number of thiazole rings is 1. The maximum Gasteiger partial charge on any atom is 0.321 e. The SMILES string of the molecule is CC(C)NC(=O)Nc1nc(-c2ccc(F)cc2F)cs1. The number of carbonyl (C=O) groups excluding carboxylic acids is 1. The number of carbonyl (C=O) groups is 1. The third kappa shape index (κ3) is 3.51. The summed E-state index contributed by atoms with van der Waals surface area (Å²) in [5.74, 6) is -1.33. The van der Waals surface area contributed by atoms with E-state index < -0.39 is 11.6 Å². The summed E-state index contributed by atoms with van der Waals surface area (Å²) in [6.07, 6.45) is 0. The van der Waals surface area contributed by atoms with Crippen LogP contribution in [0.5, 0.6) is 0 Å². The van der Waals surface area contributed by atoms with Crippen molar-refractivity contribution in [1.82, 2.24) is 10.3 Å². The molecule has 2 rings (SSSR count). The minimum atomic E-state index is -0.687. The normalized spacial score (nSPS) is 10.7. The largest absolute Gasteiger partial charge is 0.336 e. The van der Waals surface area contributed by atoms with Gasteiger partial charge >= 0.3 is 6.03 Å². The van der Waals surface area contributed by atoms with Gasteiger partial charge in [0, 0.05) is 23.1 Å². The van der Waals surface area contributed by atoms with E-state index in [0.717, 1.165) is 12.1 Å². The van der Waals surface area contributed by atoms with Crippen LogP contribution in [0.1, 0.15) is 13.8 Å². The van der Waals surface area contributed by atoms with E-state index in [1.54, 1.807) is 5.38 Å². The number of aromatic nitrogens is 1. The molecule has 2 N–H and O–H groups in total. The van der Waals surface area contributed by atoms with Crippen molar-refractivity contribution >= 4 is 22.5 Å². The fourth-order valence-electron chi connectivity index (χ4n) is 1.55. The van der Waals surface area contributed by atoms with E-state index in [1.807, 2.05) is 13.8 Å². The zero-order valence-electron chi connectivity index (χ0n) is 10.9. The van der Waals surface area contributed by atoms with Gasteiger partial charge in [-0.1, -0.05) is 0 Å². The van der Waals surface area contributed by atoms with Gasteiger partial charge in [0.1, 0.15) is 11.6 Å². The van der Waals surface area contributed by atoms with Crippen LogP contribution in [0.4, 0.5) is 18.7 Å². The van der Waals surface area contributed by atoms with Crippen LogP contribution < -0.4 is 10.6 Å². The molecule has 1 heterocycles. The number of amides is 2. The van der Waals surface area contributed by atoms with Gasteiger partial charge in [-0.15, -0.1) is 11.3 Å². The highest BCUT2D eigenvalue weighted by Gasteiger charge is 2.12. The Balaban J connectivity index is 2.14. The van der Waals surface area contributed by atoms with E-state index in [2.05, 4.69) is 15.6 Å². The monoisotopic (exact) mass is 297 g/mol. The smallest absolute Gasteiger partial charge is 0.321 e. The number of rotatable bonds is 3. The fourth-order valence-corrected chi connectivity index (χ4v) is 2.25. The molecule has 0 aliphatic carbocycles. The van der Waals surface area contributed by atoms with Gasteiger partial charge in [0.05, 0.1) is 5.69 Å². The Morgan fingerprint density at radius 3 is 2.75 bits per heavy atom. The predicted octanol–water partition coefficient (Wildman–Crippen LogP) is 3.62. The molecule has 0 saturated carbocycles. The molecule has 0 bridgehead atoms. The average molecular weight is 297 g/mol. The van der Waals surface area contributed by atoms with Crippen molar-refractivity contribution in [3.8, 4) is 11.3 Å². The molecule has 0 unspecified atom stereocenters. The summed E-state index contributed by atoms with van der Waals surface area (Å²) in [6, 6.07) is 2.91. The van der Waals surface area contributed by atoms with E-state index in [0.29, 0.717) is 10.8 Å². The summed E-state index contributed by atoms with van der Waals surface area (Å²) in [7, 11) is 0. The first-order valence-corrected chi connectivity index (χ1v) is 6.82. The van der Waals surface area contributed by atoms with E-state index in [-0.39, 0.29) is 17.6 Å². The number of hydrogen-bond acceptors (Lipinski definition) is 3. The quantitative estimate of drug-likeness (QED) is 0.909. The van der Waals surface area contributed by atoms with Crippen LogP contribution in [-0.2, 0) is 0 Å². The summed E-state index contributed by atoms with van der Waals surface area (Å²) in [6.45, 7) is 3.67. The molecule has 106 valence electrons. The van der Waals surface area contributed by atoms with E-state index in [1.165, 1.54) is 17.4 Å². The lowest BCUT2D eigenvalue weighted by Crippen LogP contribution is -2.34. The molecule has 0 saturated heterocycles. The molecule has 7 heteroatoms. The van der Waals surface area contributed by atoms with Crippen LogP contribution in [0, 0.1) is 11.6 Å². The molecule has 0 fully saturated rings. The second-order valence-corrected chi connectivity index (χ2v) is 5.27. The van der Waals surface area contributed by atoms with Crippen LogP contribution in [0.3, 0.4) is 0 Å². The molecule has 0 atom stereocenters. The molecule has 1 aromatic heterocycles. The fraction of sp³-hybridized carbons (Fsp3) is 0.231. The van der Waals surface area contributed by atoms with E-state index in [9.17, 15) is 13.6 Å². The Bertz CT molecular complexity index is 628. The Kier molecular flexibility index (Phi) is 4.29. The van der Waals surface area contributed by atoms with Crippen LogP contribution in [0.15, 0.2) is 23.6 Å². The molecule has 0 radical (unpaired) electrons. The summed E-state index contributed by atoms with van der Waals surface area (Å²) in [4.78, 5) is 15.6. The second kappa shape index (κ2) is 5.96. The van der Waals surface area contributed by atoms with Gasteiger partial charge in [-0.2, -0.15) is 0 Å². The minimum absolute atomic E-state index is 0.00368. The van der Waals surface area contributed by atoms with Crippen LogP contribution in [0.25, 0.3) is 11.3 Å². The Morgan fingerprint density at radius 1 is 1.35 bits per heavy atom. The van der Waals surface area contributed by atoms with Crippen molar-refractivity contribution in [2.45, 2.75) is 19.9 Å². The Labute approximate surface area is 118 Å². The third-order valence-electron chi connectivity index (χ3n) is 2.35. The van der Waals surface area contributed by atoms with Gasteiger partial charge in [-0.25, -0.2) is 18.6 Å². The van der Waals surface area contributed by atoms with Gasteiger partial charge in [0.2, 0.25) is 0 Å². The molecular formula is C13H13F2N3OS. The van der Waals surface area contributed by atoms with Crippen LogP contribution >= 0.6 is 11.3 Å². The number of benzene rings is 1. The first-order chi connectivity index (χ1) is 9.45. The molecule has 0 aliphatic rings. The van der Waals surface area contributed by atoms with Crippen molar-refractivity contribution in [1.29, 1.82) is 0 Å². The van der Waals surface area contributed by atoms with Crippen molar-refractivity contribution in [2.24, 2.45) is 0 Å². The molecule has 0 aliphatic heterocycles. The Hall–Kier alpha value is -2.02. The van der Waals surface area contributed by atoms with Crippen LogP contribution in [-0.4, -0.2) is 17.1 Å². The number of urea groups is 1. The highest BCUT2D eigenvalue weighted by Crippen LogP contribution is 2.27. The predicted molar refractivity (Wildman–Crippen MR) is 74.8 cm³/mol. The Morgan fingerprint density at radius 2 is 2.10 bits per heavy atom. The number of hydrogen-bond donors (Lipinski definition) is 2. The standard InChI is InChI=1S/C13H13F2N3OS/c1-7(2)16-12(19)18-13-17-11(6-20-13)9-4-3-8(14)5-10(9)15/h3-7H,1-2H3,(H2,16,17,18,19). The van der Waals surface area contributed by atoms with Gasteiger partial charge in [-0.3, -0.25) is 5.32 Å². The van der Waals surface area contributed by atoms with Crippen LogP contribution in [0.2, 0.25) is 0 Å². The lowest BCUT2D eigenvalue weighted by Gasteiger charge is -2.07. The van der Waals surface area contributed by atoms with Gasteiger partial charge < -0.3 is 5.32 Å². The van der Waals surface area contributed by atoms with Gasteiger partial charge in [0.15, 0.2) is 5.13 Å². The molecular weight excluding hydrogens is 284 g/mol. The highest BCUT2D eigenvalue weighted by molar-refractivity contribution is 7.14. The molecule has 20 heavy (non-hydrogen) atoms. The topological polar surface area (TPSA) is 54.0 Å². The van der Waals surface area contributed by atoms with Crippen molar-refractivity contribution in [2.75, 3.05) is 5.32 Å². The number of anilines is 1. The summed E-state index contributed by atoms with van der Waals surface area (Å²) >= 11 is 1.17. The lowest BCUT2D eigenvalue weighted by atomic mass is 10.1. The first kappa shape index (κ1) is 14.4. The number of halogens is 2. The molecule has 0 spiro atoms. The van der Waals surface area contributed by atoms with Crippen molar-refractivity contribution in [3.05, 3.63) is 35.2 Å². The first-order valence-electron chi connectivity index (χ1n) is 5.94. The summed E-state index contributed by atoms with van der Waals surface area (Å²) < 4.78 is 26.4. The second-order valence-electron chi connectivity index (χ2n) is 4.42. The van der Waals surface area contributed by atoms with E-state index in [4.69, 9.17) is 0 Å². The lowest BCUT2D eigenvalue weighted by molar-refractivity contribution is 0.250. The highest BCUT2D eigenvalue weighted by atomic mass is 32.1. The number of nitrogens with zero attached hydrogens (tertiary/aromatic N) is 1. The maximum absolute atomic E-state index is 13.6. The number of nitrogens with one attached hydrogen (secondary N) is 2. The third-order valence-corrected chi connectivity index (χ3v) is 3.11. The molecule has 4 nitrogen and oxygen atoms in total.